The van der Waals surface area contributed by atoms with Gasteiger partial charge in [0.1, 0.15) is 0 Å². The minimum Gasteiger partial charge on any atom is -0.352 e. The molecule has 0 saturated carbocycles. The Hall–Kier alpha value is -2.42. The van der Waals surface area contributed by atoms with Crippen molar-refractivity contribution in [2.45, 2.75) is 6.92 Å². The van der Waals surface area contributed by atoms with Crippen LogP contribution in [0.25, 0.3) is 11.1 Å². The Kier molecular flexibility index (Phi) is 4.08. The van der Waals surface area contributed by atoms with Crippen molar-refractivity contribution in [2.75, 3.05) is 6.54 Å². The monoisotopic (exact) mass is 253 g/mol. The average Bonchev–Trinajstić information content (AvgIpc) is 2.47. The third-order valence-electron chi connectivity index (χ3n) is 2.89. The highest BCUT2D eigenvalue weighted by molar-refractivity contribution is 6.02. The first kappa shape index (κ1) is 13.0. The highest BCUT2D eigenvalue weighted by Crippen LogP contribution is 2.26. The Bertz CT molecular complexity index is 605. The Morgan fingerprint density at radius 1 is 1.05 bits per heavy atom. The topological polar surface area (TPSA) is 46.2 Å². The molecule has 3 heteroatoms. The van der Waals surface area contributed by atoms with E-state index >= 15 is 0 Å². The van der Waals surface area contributed by atoms with E-state index in [9.17, 15) is 9.59 Å². The third kappa shape index (κ3) is 2.71. The minimum atomic E-state index is -0.126. The maximum Gasteiger partial charge on any atom is 0.251 e. The van der Waals surface area contributed by atoms with Crippen LogP contribution in [-0.2, 0) is 0 Å². The number of aldehydes is 1. The number of hydrogen-bond donors (Lipinski definition) is 1. The van der Waals surface area contributed by atoms with Gasteiger partial charge in [0.15, 0.2) is 6.29 Å². The molecule has 0 aromatic heterocycles. The van der Waals surface area contributed by atoms with Crippen molar-refractivity contribution >= 4 is 12.2 Å². The van der Waals surface area contributed by atoms with Crippen LogP contribution in [0.4, 0.5) is 0 Å². The lowest BCUT2D eigenvalue weighted by Crippen LogP contribution is -2.23. The predicted octanol–water partition coefficient (Wildman–Crippen LogP) is 2.92. The highest BCUT2D eigenvalue weighted by Gasteiger charge is 2.13. The largest absolute Gasteiger partial charge is 0.352 e. The Morgan fingerprint density at radius 2 is 1.68 bits per heavy atom. The molecule has 0 atom stereocenters. The molecule has 19 heavy (non-hydrogen) atoms. The summed E-state index contributed by atoms with van der Waals surface area (Å²) in [6.07, 6.45) is 0.809. The molecule has 0 aliphatic heterocycles. The molecule has 1 N–H and O–H groups in total. The van der Waals surface area contributed by atoms with Crippen LogP contribution in [0.5, 0.6) is 0 Å². The van der Waals surface area contributed by atoms with Crippen molar-refractivity contribution in [1.82, 2.24) is 5.32 Å². The van der Waals surface area contributed by atoms with Crippen LogP contribution in [0.2, 0.25) is 0 Å². The fraction of sp³-hybridized carbons (Fsp3) is 0.125. The number of carbonyl (C=O) groups is 2. The van der Waals surface area contributed by atoms with E-state index in [-0.39, 0.29) is 5.91 Å². The number of benzene rings is 2. The van der Waals surface area contributed by atoms with Crippen LogP contribution in [0.15, 0.2) is 48.5 Å². The molecular weight excluding hydrogens is 238 g/mol. The molecule has 0 aliphatic rings. The lowest BCUT2D eigenvalue weighted by atomic mass is 9.95. The molecule has 0 unspecified atom stereocenters. The molecule has 0 radical (unpaired) electrons. The molecule has 0 saturated heterocycles. The molecule has 2 aromatic rings. The summed E-state index contributed by atoms with van der Waals surface area (Å²) < 4.78 is 0. The molecule has 96 valence electrons. The number of hydrogen-bond acceptors (Lipinski definition) is 2. The average molecular weight is 253 g/mol. The second-order valence-electron chi connectivity index (χ2n) is 4.11. The van der Waals surface area contributed by atoms with E-state index in [2.05, 4.69) is 5.32 Å². The van der Waals surface area contributed by atoms with Crippen LogP contribution in [-0.4, -0.2) is 18.7 Å². The summed E-state index contributed by atoms with van der Waals surface area (Å²) in [5.74, 6) is -0.126. The lowest BCUT2D eigenvalue weighted by Gasteiger charge is -2.11. The molecule has 0 fully saturated rings. The van der Waals surface area contributed by atoms with Gasteiger partial charge in [-0.1, -0.05) is 42.5 Å². The molecule has 0 spiro atoms. The standard InChI is InChI=1S/C16H15NO2/c1-2-17-16(19)15-10-6-5-9-14(15)13-8-4-3-7-12(13)11-18/h3-11H,2H2,1H3,(H,17,19). The normalized spacial score (nSPS) is 9.95. The molecule has 1 amide bonds. The van der Waals surface area contributed by atoms with Gasteiger partial charge in [0.2, 0.25) is 0 Å². The highest BCUT2D eigenvalue weighted by atomic mass is 16.1. The first-order valence-corrected chi connectivity index (χ1v) is 6.19. The molecule has 3 nitrogen and oxygen atoms in total. The Labute approximate surface area is 112 Å². The fourth-order valence-electron chi connectivity index (χ4n) is 2.02. The van der Waals surface area contributed by atoms with Crippen LogP contribution >= 0.6 is 0 Å². The molecular formula is C16H15NO2. The number of amides is 1. The Balaban J connectivity index is 2.56. The van der Waals surface area contributed by atoms with Crippen molar-refractivity contribution < 1.29 is 9.59 Å². The SMILES string of the molecule is CCNC(=O)c1ccccc1-c1ccccc1C=O. The maximum absolute atomic E-state index is 12.0. The van der Waals surface area contributed by atoms with Gasteiger partial charge in [0.05, 0.1) is 0 Å². The van der Waals surface area contributed by atoms with Gasteiger partial charge in [-0.2, -0.15) is 0 Å². The van der Waals surface area contributed by atoms with Gasteiger partial charge >= 0.3 is 0 Å². The number of carbonyl (C=O) groups excluding carboxylic acids is 2. The minimum absolute atomic E-state index is 0.126. The second kappa shape index (κ2) is 5.96. The second-order valence-corrected chi connectivity index (χ2v) is 4.11. The van der Waals surface area contributed by atoms with Gasteiger partial charge in [-0.15, -0.1) is 0 Å². The quantitative estimate of drug-likeness (QED) is 0.851. The lowest BCUT2D eigenvalue weighted by molar-refractivity contribution is 0.0956. The van der Waals surface area contributed by atoms with Crippen molar-refractivity contribution in [3.63, 3.8) is 0 Å². The van der Waals surface area contributed by atoms with Crippen LogP contribution < -0.4 is 5.32 Å². The zero-order valence-corrected chi connectivity index (χ0v) is 10.7. The van der Waals surface area contributed by atoms with Gasteiger partial charge in [-0.3, -0.25) is 9.59 Å². The summed E-state index contributed by atoms with van der Waals surface area (Å²) in [6.45, 7) is 2.45. The van der Waals surface area contributed by atoms with Crippen LogP contribution in [0.1, 0.15) is 27.6 Å². The van der Waals surface area contributed by atoms with E-state index in [1.807, 2.05) is 43.3 Å². The van der Waals surface area contributed by atoms with Crippen molar-refractivity contribution in [3.05, 3.63) is 59.7 Å². The fourth-order valence-corrected chi connectivity index (χ4v) is 2.02. The Morgan fingerprint density at radius 3 is 2.37 bits per heavy atom. The van der Waals surface area contributed by atoms with Gasteiger partial charge in [0.25, 0.3) is 5.91 Å². The zero-order chi connectivity index (χ0) is 13.7. The molecule has 2 rings (SSSR count). The summed E-state index contributed by atoms with van der Waals surface area (Å²) in [7, 11) is 0. The van der Waals surface area contributed by atoms with Crippen molar-refractivity contribution in [1.29, 1.82) is 0 Å². The van der Waals surface area contributed by atoms with Crippen molar-refractivity contribution in [2.24, 2.45) is 0 Å². The smallest absolute Gasteiger partial charge is 0.251 e. The first-order valence-electron chi connectivity index (χ1n) is 6.19. The van der Waals surface area contributed by atoms with E-state index in [1.54, 1.807) is 12.1 Å². The van der Waals surface area contributed by atoms with Gasteiger partial charge < -0.3 is 5.32 Å². The van der Waals surface area contributed by atoms with Gasteiger partial charge in [-0.25, -0.2) is 0 Å². The zero-order valence-electron chi connectivity index (χ0n) is 10.7. The van der Waals surface area contributed by atoms with E-state index < -0.39 is 0 Å². The molecule has 2 aromatic carbocycles. The van der Waals surface area contributed by atoms with Crippen LogP contribution in [0.3, 0.4) is 0 Å². The first-order chi connectivity index (χ1) is 9.27. The summed E-state index contributed by atoms with van der Waals surface area (Å²) in [5, 5.41) is 2.78. The third-order valence-corrected chi connectivity index (χ3v) is 2.89. The summed E-state index contributed by atoms with van der Waals surface area (Å²) in [6, 6.07) is 14.6. The summed E-state index contributed by atoms with van der Waals surface area (Å²) >= 11 is 0. The van der Waals surface area contributed by atoms with Crippen LogP contribution in [0, 0.1) is 0 Å². The summed E-state index contributed by atoms with van der Waals surface area (Å²) in [4.78, 5) is 23.1. The van der Waals surface area contributed by atoms with Crippen molar-refractivity contribution in [3.8, 4) is 11.1 Å². The van der Waals surface area contributed by atoms with Gasteiger partial charge in [0, 0.05) is 17.7 Å². The number of nitrogens with one attached hydrogen (secondary N) is 1. The summed E-state index contributed by atoms with van der Waals surface area (Å²) in [5.41, 5.74) is 2.72. The van der Waals surface area contributed by atoms with Gasteiger partial charge in [-0.05, 0) is 24.1 Å². The van der Waals surface area contributed by atoms with E-state index in [0.717, 1.165) is 17.4 Å². The number of rotatable bonds is 4. The molecule has 0 bridgehead atoms. The van der Waals surface area contributed by atoms with E-state index in [0.29, 0.717) is 17.7 Å². The van der Waals surface area contributed by atoms with E-state index in [1.165, 1.54) is 0 Å². The molecule has 0 heterocycles. The predicted molar refractivity (Wildman–Crippen MR) is 75.3 cm³/mol. The maximum atomic E-state index is 12.0. The van der Waals surface area contributed by atoms with E-state index in [4.69, 9.17) is 0 Å². The molecule has 0 aliphatic carbocycles.